The van der Waals surface area contributed by atoms with E-state index in [4.69, 9.17) is 0 Å². The minimum absolute atomic E-state index is 0.177. The standard InChI is InChI=1S/C19H29NO/c1-2-3-4-5-6-10-13-18-19(21)14-15-20(18)16-17-11-8-7-9-12-17/h7-9,11-12,18H,2-6,10,13-16H2,1H3. The average Bonchev–Trinajstić information content (AvgIpc) is 2.84. The van der Waals surface area contributed by atoms with Crippen LogP contribution >= 0.6 is 0 Å². The van der Waals surface area contributed by atoms with Gasteiger partial charge < -0.3 is 0 Å². The normalized spacial score (nSPS) is 19.3. The van der Waals surface area contributed by atoms with Crippen LogP contribution in [0.5, 0.6) is 0 Å². The van der Waals surface area contributed by atoms with Crippen LogP contribution in [0, 0.1) is 0 Å². The smallest absolute Gasteiger partial charge is 0.151 e. The largest absolute Gasteiger partial charge is 0.298 e. The molecule has 21 heavy (non-hydrogen) atoms. The number of nitrogens with zero attached hydrogens (tertiary/aromatic N) is 1. The Morgan fingerprint density at radius 3 is 2.52 bits per heavy atom. The molecule has 1 aromatic carbocycles. The third-order valence-electron chi connectivity index (χ3n) is 4.52. The van der Waals surface area contributed by atoms with Gasteiger partial charge >= 0.3 is 0 Å². The molecule has 1 saturated heterocycles. The highest BCUT2D eigenvalue weighted by Gasteiger charge is 2.31. The summed E-state index contributed by atoms with van der Waals surface area (Å²) in [4.78, 5) is 14.5. The average molecular weight is 287 g/mol. The first kappa shape index (κ1) is 16.2. The van der Waals surface area contributed by atoms with Crippen LogP contribution < -0.4 is 0 Å². The van der Waals surface area contributed by atoms with Gasteiger partial charge in [0.15, 0.2) is 5.78 Å². The summed E-state index contributed by atoms with van der Waals surface area (Å²) < 4.78 is 0. The Bertz CT molecular complexity index is 415. The van der Waals surface area contributed by atoms with Crippen LogP contribution in [-0.2, 0) is 11.3 Å². The van der Waals surface area contributed by atoms with Gasteiger partial charge in [0, 0.05) is 19.5 Å². The van der Waals surface area contributed by atoms with Crippen molar-refractivity contribution in [1.29, 1.82) is 0 Å². The van der Waals surface area contributed by atoms with Gasteiger partial charge in [-0.2, -0.15) is 0 Å². The lowest BCUT2D eigenvalue weighted by Gasteiger charge is -2.23. The summed E-state index contributed by atoms with van der Waals surface area (Å²) in [6.45, 7) is 4.11. The molecule has 0 aliphatic carbocycles. The first-order chi connectivity index (χ1) is 10.3. The van der Waals surface area contributed by atoms with Gasteiger partial charge in [-0.1, -0.05) is 75.8 Å². The molecule has 1 fully saturated rings. The third kappa shape index (κ3) is 5.28. The van der Waals surface area contributed by atoms with Crippen molar-refractivity contribution in [2.75, 3.05) is 6.54 Å². The molecule has 1 aliphatic rings. The number of unbranched alkanes of at least 4 members (excludes halogenated alkanes) is 5. The molecule has 0 spiro atoms. The van der Waals surface area contributed by atoms with E-state index in [0.717, 1.165) is 25.9 Å². The maximum absolute atomic E-state index is 12.1. The number of carbonyl (C=O) groups is 1. The van der Waals surface area contributed by atoms with Gasteiger partial charge in [0.1, 0.15) is 0 Å². The summed E-state index contributed by atoms with van der Waals surface area (Å²) in [5.74, 6) is 0.458. The molecule has 0 N–H and O–H groups in total. The molecule has 1 atom stereocenters. The van der Waals surface area contributed by atoms with Crippen molar-refractivity contribution in [3.05, 3.63) is 35.9 Å². The fourth-order valence-corrected chi connectivity index (χ4v) is 3.25. The number of hydrogen-bond acceptors (Lipinski definition) is 2. The SMILES string of the molecule is CCCCCCCCC1C(=O)CCN1Cc1ccccc1. The number of carbonyl (C=O) groups excluding carboxylic acids is 1. The monoisotopic (exact) mass is 287 g/mol. The van der Waals surface area contributed by atoms with E-state index in [1.165, 1.54) is 44.1 Å². The van der Waals surface area contributed by atoms with Crippen molar-refractivity contribution in [2.45, 2.75) is 70.9 Å². The lowest BCUT2D eigenvalue weighted by Crippen LogP contribution is -2.32. The van der Waals surface area contributed by atoms with Gasteiger partial charge in [-0.05, 0) is 12.0 Å². The minimum Gasteiger partial charge on any atom is -0.298 e. The molecule has 2 heteroatoms. The highest BCUT2D eigenvalue weighted by molar-refractivity contribution is 5.86. The number of Topliss-reactive ketones (excluding diaryl/α,β-unsaturated/α-hetero) is 1. The quantitative estimate of drug-likeness (QED) is 0.620. The molecule has 116 valence electrons. The summed E-state index contributed by atoms with van der Waals surface area (Å²) in [5.41, 5.74) is 1.32. The lowest BCUT2D eigenvalue weighted by molar-refractivity contribution is -0.120. The van der Waals surface area contributed by atoms with Crippen molar-refractivity contribution in [1.82, 2.24) is 4.90 Å². The van der Waals surface area contributed by atoms with E-state index in [1.807, 2.05) is 6.07 Å². The minimum atomic E-state index is 0.177. The summed E-state index contributed by atoms with van der Waals surface area (Å²) in [5, 5.41) is 0. The van der Waals surface area contributed by atoms with E-state index in [0.29, 0.717) is 5.78 Å². The summed E-state index contributed by atoms with van der Waals surface area (Å²) >= 11 is 0. The fourth-order valence-electron chi connectivity index (χ4n) is 3.25. The molecule has 1 aromatic rings. The molecule has 0 bridgehead atoms. The van der Waals surface area contributed by atoms with Crippen molar-refractivity contribution in [3.8, 4) is 0 Å². The van der Waals surface area contributed by atoms with E-state index >= 15 is 0 Å². The van der Waals surface area contributed by atoms with Crippen molar-refractivity contribution in [2.24, 2.45) is 0 Å². The zero-order chi connectivity index (χ0) is 14.9. The van der Waals surface area contributed by atoms with Crippen molar-refractivity contribution < 1.29 is 4.79 Å². The maximum Gasteiger partial charge on any atom is 0.151 e. The number of hydrogen-bond donors (Lipinski definition) is 0. The van der Waals surface area contributed by atoms with Crippen molar-refractivity contribution in [3.63, 3.8) is 0 Å². The molecule has 2 nitrogen and oxygen atoms in total. The molecule has 1 aliphatic heterocycles. The lowest BCUT2D eigenvalue weighted by atomic mass is 10.0. The Hall–Kier alpha value is -1.15. The zero-order valence-corrected chi connectivity index (χ0v) is 13.4. The van der Waals surface area contributed by atoms with Gasteiger partial charge in [-0.25, -0.2) is 0 Å². The van der Waals surface area contributed by atoms with E-state index in [-0.39, 0.29) is 6.04 Å². The molecule has 0 amide bonds. The Labute approximate surface area is 129 Å². The summed E-state index contributed by atoms with van der Waals surface area (Å²) in [7, 11) is 0. The molecule has 2 rings (SSSR count). The van der Waals surface area contributed by atoms with Crippen molar-refractivity contribution >= 4 is 5.78 Å². The fraction of sp³-hybridized carbons (Fsp3) is 0.632. The van der Waals surface area contributed by atoms with E-state index in [1.54, 1.807) is 0 Å². The Morgan fingerprint density at radius 2 is 1.76 bits per heavy atom. The second-order valence-electron chi connectivity index (χ2n) is 6.24. The number of benzene rings is 1. The van der Waals surface area contributed by atoms with Crippen LogP contribution in [0.3, 0.4) is 0 Å². The maximum atomic E-state index is 12.1. The molecule has 0 saturated carbocycles. The predicted molar refractivity (Wildman–Crippen MR) is 88.3 cm³/mol. The number of ketones is 1. The topological polar surface area (TPSA) is 20.3 Å². The molecular formula is C19H29NO. The van der Waals surface area contributed by atoms with E-state index in [9.17, 15) is 4.79 Å². The summed E-state index contributed by atoms with van der Waals surface area (Å²) in [6.07, 6.45) is 9.60. The van der Waals surface area contributed by atoms with E-state index < -0.39 is 0 Å². The van der Waals surface area contributed by atoms with Gasteiger partial charge in [-0.15, -0.1) is 0 Å². The Balaban J connectivity index is 1.75. The van der Waals surface area contributed by atoms with Crippen LogP contribution in [0.15, 0.2) is 30.3 Å². The molecule has 0 aromatic heterocycles. The second-order valence-corrected chi connectivity index (χ2v) is 6.24. The highest BCUT2D eigenvalue weighted by atomic mass is 16.1. The van der Waals surface area contributed by atoms with Gasteiger partial charge in [0.05, 0.1) is 6.04 Å². The van der Waals surface area contributed by atoms with Crippen LogP contribution in [0.1, 0.15) is 63.9 Å². The molecule has 0 radical (unpaired) electrons. The van der Waals surface area contributed by atoms with Gasteiger partial charge in [0.2, 0.25) is 0 Å². The molecule has 1 heterocycles. The second kappa shape index (κ2) is 8.99. The van der Waals surface area contributed by atoms with Gasteiger partial charge in [0.25, 0.3) is 0 Å². The number of likely N-dealkylation sites (tertiary alicyclic amines) is 1. The first-order valence-electron chi connectivity index (χ1n) is 8.62. The first-order valence-corrected chi connectivity index (χ1v) is 8.62. The third-order valence-corrected chi connectivity index (χ3v) is 4.52. The van der Waals surface area contributed by atoms with E-state index in [2.05, 4.69) is 36.1 Å². The molecular weight excluding hydrogens is 258 g/mol. The highest BCUT2D eigenvalue weighted by Crippen LogP contribution is 2.22. The van der Waals surface area contributed by atoms with Crippen LogP contribution in [0.2, 0.25) is 0 Å². The summed E-state index contributed by atoms with van der Waals surface area (Å²) in [6, 6.07) is 10.7. The van der Waals surface area contributed by atoms with Crippen LogP contribution in [0.25, 0.3) is 0 Å². The Kier molecular flexibility index (Phi) is 6.94. The zero-order valence-electron chi connectivity index (χ0n) is 13.4. The van der Waals surface area contributed by atoms with Gasteiger partial charge in [-0.3, -0.25) is 9.69 Å². The Morgan fingerprint density at radius 1 is 1.05 bits per heavy atom. The molecule has 1 unspecified atom stereocenters. The number of rotatable bonds is 9. The predicted octanol–water partition coefficient (Wildman–Crippen LogP) is 4.58. The van der Waals surface area contributed by atoms with Crippen LogP contribution in [-0.4, -0.2) is 23.3 Å². The van der Waals surface area contributed by atoms with Crippen LogP contribution in [0.4, 0.5) is 0 Å².